The third-order valence-electron chi connectivity index (χ3n) is 3.60. The van der Waals surface area contributed by atoms with Crippen molar-refractivity contribution in [2.45, 2.75) is 13.1 Å². The Balaban J connectivity index is 1.96. The highest BCUT2D eigenvalue weighted by molar-refractivity contribution is 5.58. The Hall–Kier alpha value is -3.22. The summed E-state index contributed by atoms with van der Waals surface area (Å²) >= 11 is 0. The van der Waals surface area contributed by atoms with Gasteiger partial charge in [0.05, 0.1) is 12.2 Å². The summed E-state index contributed by atoms with van der Waals surface area (Å²) in [7, 11) is 0. The van der Waals surface area contributed by atoms with E-state index in [2.05, 4.69) is 10.3 Å². The molecule has 3 aromatic rings. The SMILES string of the molecule is O=NCc1cccc(Cn2nc(-c3cc(F)cc(F)c3)ccc2=O)c1. The van der Waals surface area contributed by atoms with E-state index in [1.54, 1.807) is 24.3 Å². The topological polar surface area (TPSA) is 64.3 Å². The van der Waals surface area contributed by atoms with Gasteiger partial charge < -0.3 is 0 Å². The largest absolute Gasteiger partial charge is 0.268 e. The molecule has 0 spiro atoms. The van der Waals surface area contributed by atoms with Gasteiger partial charge in [-0.05, 0) is 29.3 Å². The van der Waals surface area contributed by atoms with Gasteiger partial charge in [-0.25, -0.2) is 13.5 Å². The third kappa shape index (κ3) is 4.00. The molecule has 1 aromatic heterocycles. The molecule has 25 heavy (non-hydrogen) atoms. The van der Waals surface area contributed by atoms with Crippen LogP contribution in [0.3, 0.4) is 0 Å². The van der Waals surface area contributed by atoms with Gasteiger partial charge in [-0.1, -0.05) is 29.4 Å². The highest BCUT2D eigenvalue weighted by Crippen LogP contribution is 2.18. The van der Waals surface area contributed by atoms with E-state index >= 15 is 0 Å². The highest BCUT2D eigenvalue weighted by atomic mass is 19.1. The predicted molar refractivity (Wildman–Crippen MR) is 88.9 cm³/mol. The fraction of sp³-hybridized carbons (Fsp3) is 0.111. The number of aromatic nitrogens is 2. The van der Waals surface area contributed by atoms with Gasteiger partial charge in [0, 0.05) is 17.7 Å². The lowest BCUT2D eigenvalue weighted by atomic mass is 10.1. The number of nitrogens with zero attached hydrogens (tertiary/aromatic N) is 3. The summed E-state index contributed by atoms with van der Waals surface area (Å²) in [6, 6.07) is 12.8. The van der Waals surface area contributed by atoms with Crippen molar-refractivity contribution in [3.8, 4) is 11.3 Å². The van der Waals surface area contributed by atoms with Crippen molar-refractivity contribution in [3.63, 3.8) is 0 Å². The number of hydrogen-bond acceptors (Lipinski definition) is 4. The molecular weight excluding hydrogens is 328 g/mol. The number of nitroso groups, excluding NO2 is 1. The van der Waals surface area contributed by atoms with Crippen molar-refractivity contribution < 1.29 is 8.78 Å². The quantitative estimate of drug-likeness (QED) is 0.667. The first kappa shape index (κ1) is 16.6. The lowest BCUT2D eigenvalue weighted by molar-refractivity contribution is 0.583. The van der Waals surface area contributed by atoms with E-state index in [-0.39, 0.29) is 29.9 Å². The van der Waals surface area contributed by atoms with Crippen LogP contribution in [0.25, 0.3) is 11.3 Å². The van der Waals surface area contributed by atoms with Crippen LogP contribution in [0.5, 0.6) is 0 Å². The highest BCUT2D eigenvalue weighted by Gasteiger charge is 2.08. The fourth-order valence-electron chi connectivity index (χ4n) is 2.49. The molecule has 0 bridgehead atoms. The molecule has 5 nitrogen and oxygen atoms in total. The Morgan fingerprint density at radius 3 is 2.40 bits per heavy atom. The van der Waals surface area contributed by atoms with Gasteiger partial charge >= 0.3 is 0 Å². The van der Waals surface area contributed by atoms with Crippen LogP contribution >= 0.6 is 0 Å². The van der Waals surface area contributed by atoms with Gasteiger partial charge in [0.2, 0.25) is 0 Å². The molecular formula is C18H13F2N3O2. The summed E-state index contributed by atoms with van der Waals surface area (Å²) in [6.45, 7) is 0.204. The van der Waals surface area contributed by atoms with Crippen molar-refractivity contribution in [3.05, 3.63) is 92.6 Å². The van der Waals surface area contributed by atoms with Crippen LogP contribution < -0.4 is 5.56 Å². The summed E-state index contributed by atoms with van der Waals surface area (Å²) < 4.78 is 28.0. The zero-order chi connectivity index (χ0) is 17.8. The fourth-order valence-corrected chi connectivity index (χ4v) is 2.49. The zero-order valence-corrected chi connectivity index (χ0v) is 13.0. The minimum absolute atomic E-state index is 0.0405. The summed E-state index contributed by atoms with van der Waals surface area (Å²) in [5, 5.41) is 7.02. The molecule has 0 aliphatic rings. The lowest BCUT2D eigenvalue weighted by Crippen LogP contribution is -2.22. The number of halogens is 2. The Morgan fingerprint density at radius 2 is 1.68 bits per heavy atom. The zero-order valence-electron chi connectivity index (χ0n) is 13.0. The molecule has 0 saturated carbocycles. The Bertz CT molecular complexity index is 966. The van der Waals surface area contributed by atoms with Crippen LogP contribution in [0.4, 0.5) is 8.78 Å². The van der Waals surface area contributed by atoms with Crippen LogP contribution in [0.2, 0.25) is 0 Å². The second kappa shape index (κ2) is 7.12. The maximum atomic E-state index is 13.4. The second-order valence-corrected chi connectivity index (χ2v) is 5.48. The standard InChI is InChI=1S/C18H13F2N3O2/c19-15-7-14(8-16(20)9-15)17-4-5-18(24)23(22-17)11-13-3-1-2-12(6-13)10-21-25/h1-9H,10-11H2. The molecule has 3 rings (SSSR count). The normalized spacial score (nSPS) is 10.6. The predicted octanol–water partition coefficient (Wildman–Crippen LogP) is 3.50. The molecule has 0 fully saturated rings. The number of benzene rings is 2. The van der Waals surface area contributed by atoms with Gasteiger partial charge in [0.15, 0.2) is 0 Å². The first-order valence-corrected chi connectivity index (χ1v) is 7.47. The van der Waals surface area contributed by atoms with Gasteiger partial charge in [-0.2, -0.15) is 10.0 Å². The average molecular weight is 341 g/mol. The van der Waals surface area contributed by atoms with Gasteiger partial charge in [0.25, 0.3) is 5.56 Å². The van der Waals surface area contributed by atoms with Gasteiger partial charge in [0.1, 0.15) is 18.2 Å². The van der Waals surface area contributed by atoms with E-state index in [1.807, 2.05) is 0 Å². The van der Waals surface area contributed by atoms with E-state index < -0.39 is 11.6 Å². The van der Waals surface area contributed by atoms with Crippen molar-refractivity contribution in [1.82, 2.24) is 9.78 Å². The van der Waals surface area contributed by atoms with Crippen molar-refractivity contribution in [2.75, 3.05) is 0 Å². The van der Waals surface area contributed by atoms with Crippen LogP contribution in [0, 0.1) is 16.5 Å². The number of rotatable bonds is 5. The molecule has 126 valence electrons. The first-order valence-electron chi connectivity index (χ1n) is 7.47. The van der Waals surface area contributed by atoms with E-state index in [9.17, 15) is 18.5 Å². The van der Waals surface area contributed by atoms with E-state index in [0.29, 0.717) is 0 Å². The molecule has 1 heterocycles. The maximum absolute atomic E-state index is 13.4. The molecule has 0 aliphatic heterocycles. The van der Waals surface area contributed by atoms with E-state index in [4.69, 9.17) is 0 Å². The van der Waals surface area contributed by atoms with Gasteiger partial charge in [-0.3, -0.25) is 4.79 Å². The van der Waals surface area contributed by atoms with Crippen molar-refractivity contribution >= 4 is 0 Å². The molecule has 0 N–H and O–H groups in total. The Morgan fingerprint density at radius 1 is 0.960 bits per heavy atom. The molecule has 0 aliphatic carbocycles. The van der Waals surface area contributed by atoms with Crippen LogP contribution in [0.1, 0.15) is 11.1 Å². The lowest BCUT2D eigenvalue weighted by Gasteiger charge is -2.08. The molecule has 0 radical (unpaired) electrons. The molecule has 0 atom stereocenters. The minimum Gasteiger partial charge on any atom is -0.268 e. The summed E-state index contributed by atoms with van der Waals surface area (Å²) in [5.41, 5.74) is 1.66. The van der Waals surface area contributed by atoms with E-state index in [1.165, 1.54) is 16.8 Å². The summed E-state index contributed by atoms with van der Waals surface area (Å²) in [4.78, 5) is 22.4. The van der Waals surface area contributed by atoms with E-state index in [0.717, 1.165) is 29.3 Å². The Kier molecular flexibility index (Phi) is 4.74. The molecule has 7 heteroatoms. The second-order valence-electron chi connectivity index (χ2n) is 5.48. The Labute approximate surface area is 141 Å². The summed E-state index contributed by atoms with van der Waals surface area (Å²) in [5.74, 6) is -1.44. The average Bonchev–Trinajstić information content (AvgIpc) is 2.57. The minimum atomic E-state index is -0.719. The monoisotopic (exact) mass is 341 g/mol. The third-order valence-corrected chi connectivity index (χ3v) is 3.60. The first-order chi connectivity index (χ1) is 12.0. The summed E-state index contributed by atoms with van der Waals surface area (Å²) in [6.07, 6.45) is 0. The molecule has 0 amide bonds. The number of hydrogen-bond donors (Lipinski definition) is 0. The maximum Gasteiger partial charge on any atom is 0.267 e. The van der Waals surface area contributed by atoms with Crippen LogP contribution in [0.15, 0.2) is 64.6 Å². The molecule has 0 unspecified atom stereocenters. The van der Waals surface area contributed by atoms with Crippen LogP contribution in [-0.4, -0.2) is 9.78 Å². The molecule has 0 saturated heterocycles. The molecule has 2 aromatic carbocycles. The smallest absolute Gasteiger partial charge is 0.267 e. The van der Waals surface area contributed by atoms with Crippen molar-refractivity contribution in [2.24, 2.45) is 5.18 Å². The van der Waals surface area contributed by atoms with Crippen LogP contribution in [-0.2, 0) is 13.1 Å². The van der Waals surface area contributed by atoms with Crippen molar-refractivity contribution in [1.29, 1.82) is 0 Å². The van der Waals surface area contributed by atoms with Gasteiger partial charge in [-0.15, -0.1) is 0 Å².